The zero-order valence-electron chi connectivity index (χ0n) is 42.3. The van der Waals surface area contributed by atoms with Gasteiger partial charge in [0, 0.05) is 55.2 Å². The normalized spacial score (nSPS) is 17.9. The third kappa shape index (κ3) is 5.86. The number of H-pyrrole nitrogens is 1. The van der Waals surface area contributed by atoms with Gasteiger partial charge < -0.3 is 9.88 Å². The maximum Gasteiger partial charge on any atom is 0.193 e. The zero-order valence-corrected chi connectivity index (χ0v) is 42.3. The summed E-state index contributed by atoms with van der Waals surface area (Å²) in [5, 5.41) is 5.08. The molecule has 0 saturated heterocycles. The highest BCUT2D eigenvalue weighted by atomic mass is 15.2. The zero-order chi connectivity index (χ0) is 47.7. The van der Waals surface area contributed by atoms with Crippen molar-refractivity contribution in [2.24, 2.45) is 0 Å². The SMILES string of the molecule is CC(C)(C)c1ccc(N2C3=C([B]c4c(-c5cc6ccccc6c6c5[nH]c5ccccc56)cc5c(c42)C(C)(C)c2ccccc2-5)C(C)(C)c2cc4c(cc23)C(C)(C)CCC4(C)C)c(-c2ccccc2)c1. The van der Waals surface area contributed by atoms with E-state index < -0.39 is 0 Å². The Kier molecular flexibility index (Phi) is 8.65. The summed E-state index contributed by atoms with van der Waals surface area (Å²) in [6.45, 7) is 26.9. The minimum atomic E-state index is -0.296. The summed E-state index contributed by atoms with van der Waals surface area (Å²) >= 11 is 0. The average Bonchev–Trinajstić information content (AvgIpc) is 3.91. The number of nitrogens with one attached hydrogen (secondary N) is 1. The van der Waals surface area contributed by atoms with Gasteiger partial charge in [-0.15, -0.1) is 0 Å². The molecular weight excluding hydrogens is 832 g/mol. The van der Waals surface area contributed by atoms with Gasteiger partial charge in [-0.25, -0.2) is 0 Å². The first-order chi connectivity index (χ1) is 32.9. The lowest BCUT2D eigenvalue weighted by Crippen LogP contribution is -2.40. The van der Waals surface area contributed by atoms with E-state index in [0.717, 1.165) is 5.52 Å². The second kappa shape index (κ2) is 14.0. The minimum Gasteiger partial charge on any atom is -0.354 e. The fraction of sp³-hybridized carbons (Fsp3) is 0.273. The summed E-state index contributed by atoms with van der Waals surface area (Å²) in [6.07, 6.45) is 2.35. The molecule has 2 nitrogen and oxygen atoms in total. The molecule has 9 aromatic rings. The first-order valence-corrected chi connectivity index (χ1v) is 25.4. The predicted octanol–water partition coefficient (Wildman–Crippen LogP) is 16.9. The van der Waals surface area contributed by atoms with Gasteiger partial charge in [-0.2, -0.15) is 0 Å². The van der Waals surface area contributed by atoms with Crippen molar-refractivity contribution in [2.45, 2.75) is 116 Å². The summed E-state index contributed by atoms with van der Waals surface area (Å²) in [4.78, 5) is 6.82. The standard InChI is InChI=1S/C66H62BN2/c1-62(2,3)40-29-30-54(44(34-40)38-21-13-12-14-22-38)69-59-48-36-51-52(64(6,7)32-31-63(51,4)5)37-50(48)66(10,11)61(59)67-57-46(35-45-42-25-17-19-27-49(42)65(8,9)56(45)60(57)69)47-33-39-23-15-16-24-41(39)55-43-26-18-20-28-53(43)68-58(47)55/h12-30,33-37,68H,31-32H2,1-11H3. The van der Waals surface area contributed by atoms with Crippen molar-refractivity contribution in [3.05, 3.63) is 190 Å². The van der Waals surface area contributed by atoms with E-state index in [0.29, 0.717) is 0 Å². The summed E-state index contributed by atoms with van der Waals surface area (Å²) in [6, 6.07) is 56.0. The first-order valence-electron chi connectivity index (χ1n) is 25.4. The molecule has 1 radical (unpaired) electrons. The van der Waals surface area contributed by atoms with Gasteiger partial charge in [0.2, 0.25) is 0 Å². The van der Waals surface area contributed by atoms with E-state index in [1.54, 1.807) is 0 Å². The van der Waals surface area contributed by atoms with Gasteiger partial charge in [0.05, 0.1) is 11.2 Å². The molecule has 0 spiro atoms. The Morgan fingerprint density at radius 3 is 1.94 bits per heavy atom. The summed E-state index contributed by atoms with van der Waals surface area (Å²) in [7, 11) is 2.65. The van der Waals surface area contributed by atoms with Crippen LogP contribution in [0.4, 0.5) is 11.4 Å². The first kappa shape index (κ1) is 42.5. The van der Waals surface area contributed by atoms with Crippen LogP contribution in [0, 0.1) is 0 Å². The molecule has 2 heterocycles. The van der Waals surface area contributed by atoms with Crippen LogP contribution in [0.3, 0.4) is 0 Å². The molecule has 1 aromatic heterocycles. The second-order valence-corrected chi connectivity index (χ2v) is 24.3. The Balaban J connectivity index is 1.22. The third-order valence-electron chi connectivity index (χ3n) is 17.4. The monoisotopic (exact) mass is 894 g/mol. The lowest BCUT2D eigenvalue weighted by Gasteiger charge is -2.43. The van der Waals surface area contributed by atoms with Crippen molar-refractivity contribution < 1.29 is 0 Å². The van der Waals surface area contributed by atoms with Crippen molar-refractivity contribution in [2.75, 3.05) is 4.90 Å². The number of aromatic amines is 1. The van der Waals surface area contributed by atoms with Crippen LogP contribution in [-0.4, -0.2) is 12.3 Å². The summed E-state index contributed by atoms with van der Waals surface area (Å²) in [5.41, 5.74) is 25.9. The van der Waals surface area contributed by atoms with Gasteiger partial charge in [-0.05, 0) is 132 Å². The van der Waals surface area contributed by atoms with E-state index in [-0.39, 0.29) is 27.1 Å². The summed E-state index contributed by atoms with van der Waals surface area (Å²) in [5.74, 6) is 0. The van der Waals surface area contributed by atoms with E-state index >= 15 is 0 Å². The van der Waals surface area contributed by atoms with Crippen LogP contribution in [0.15, 0.2) is 151 Å². The molecule has 13 rings (SSSR count). The van der Waals surface area contributed by atoms with Crippen LogP contribution in [0.1, 0.15) is 128 Å². The van der Waals surface area contributed by atoms with E-state index in [9.17, 15) is 0 Å². The fourth-order valence-corrected chi connectivity index (χ4v) is 13.4. The Morgan fingerprint density at radius 1 is 0.522 bits per heavy atom. The third-order valence-corrected chi connectivity index (χ3v) is 17.4. The topological polar surface area (TPSA) is 19.0 Å². The van der Waals surface area contributed by atoms with Crippen molar-refractivity contribution in [1.82, 2.24) is 4.98 Å². The van der Waals surface area contributed by atoms with Gasteiger partial charge in [-0.1, -0.05) is 196 Å². The highest BCUT2D eigenvalue weighted by Gasteiger charge is 2.50. The van der Waals surface area contributed by atoms with E-state index in [1.165, 1.54) is 140 Å². The molecule has 3 aliphatic carbocycles. The van der Waals surface area contributed by atoms with Crippen LogP contribution in [0.2, 0.25) is 0 Å². The number of hydrogen-bond acceptors (Lipinski definition) is 1. The van der Waals surface area contributed by atoms with Gasteiger partial charge >= 0.3 is 0 Å². The average molecular weight is 894 g/mol. The Bertz CT molecular complexity index is 3730. The highest BCUT2D eigenvalue weighted by Crippen LogP contribution is 2.61. The lowest BCUT2D eigenvalue weighted by molar-refractivity contribution is 0.331. The molecule has 69 heavy (non-hydrogen) atoms. The fourth-order valence-electron chi connectivity index (χ4n) is 13.4. The molecule has 0 saturated carbocycles. The van der Waals surface area contributed by atoms with Crippen LogP contribution < -0.4 is 10.4 Å². The molecule has 4 aliphatic rings. The Morgan fingerprint density at radius 2 is 1.19 bits per heavy atom. The van der Waals surface area contributed by atoms with E-state index in [4.69, 9.17) is 0 Å². The lowest BCUT2D eigenvalue weighted by atomic mass is 9.51. The number of benzene rings is 8. The smallest absolute Gasteiger partial charge is 0.193 e. The van der Waals surface area contributed by atoms with E-state index in [1.807, 2.05) is 0 Å². The number of hydrogen-bond donors (Lipinski definition) is 1. The number of aromatic nitrogens is 1. The van der Waals surface area contributed by atoms with Crippen LogP contribution in [0.5, 0.6) is 0 Å². The molecule has 0 atom stereocenters. The largest absolute Gasteiger partial charge is 0.354 e. The van der Waals surface area contributed by atoms with Gasteiger partial charge in [0.25, 0.3) is 0 Å². The van der Waals surface area contributed by atoms with Gasteiger partial charge in [0.15, 0.2) is 7.28 Å². The number of fused-ring (bicyclic) bond motifs is 13. The van der Waals surface area contributed by atoms with Crippen molar-refractivity contribution in [3.8, 4) is 33.4 Å². The number of nitrogens with zero attached hydrogens (tertiary/aromatic N) is 1. The van der Waals surface area contributed by atoms with Crippen LogP contribution >= 0.6 is 0 Å². The van der Waals surface area contributed by atoms with Crippen molar-refractivity contribution >= 4 is 62.4 Å². The number of rotatable bonds is 3. The Hall–Kier alpha value is -6.58. The highest BCUT2D eigenvalue weighted by molar-refractivity contribution is 6.68. The van der Waals surface area contributed by atoms with Crippen molar-refractivity contribution in [3.63, 3.8) is 0 Å². The van der Waals surface area contributed by atoms with Crippen molar-refractivity contribution in [1.29, 1.82) is 0 Å². The number of anilines is 2. The molecular formula is C66H62BN2. The molecule has 8 aromatic carbocycles. The van der Waals surface area contributed by atoms with Gasteiger partial charge in [0.1, 0.15) is 0 Å². The molecule has 1 N–H and O–H groups in total. The van der Waals surface area contributed by atoms with Crippen LogP contribution in [-0.2, 0) is 27.1 Å². The number of allylic oxidation sites excluding steroid dienone is 1. The van der Waals surface area contributed by atoms with E-state index in [2.05, 4.69) is 239 Å². The summed E-state index contributed by atoms with van der Waals surface area (Å²) < 4.78 is 0. The molecule has 0 bridgehead atoms. The quantitative estimate of drug-likeness (QED) is 0.175. The predicted molar refractivity (Wildman–Crippen MR) is 296 cm³/mol. The molecule has 0 amide bonds. The maximum atomic E-state index is 4.02. The minimum absolute atomic E-state index is 0.0431. The van der Waals surface area contributed by atoms with Crippen LogP contribution in [0.25, 0.3) is 71.7 Å². The molecule has 1 aliphatic heterocycles. The molecule has 0 fully saturated rings. The van der Waals surface area contributed by atoms with Gasteiger partial charge in [-0.3, -0.25) is 0 Å². The molecule has 0 unspecified atom stereocenters. The molecule has 339 valence electrons. The number of para-hydroxylation sites is 1. The Labute approximate surface area is 409 Å². The second-order valence-electron chi connectivity index (χ2n) is 24.3. The molecule has 3 heteroatoms. The maximum absolute atomic E-state index is 4.02.